The average molecular weight is 401 g/mol. The van der Waals surface area contributed by atoms with Crippen LogP contribution in [0.1, 0.15) is 72.6 Å². The van der Waals surface area contributed by atoms with Crippen LogP contribution in [0.4, 0.5) is 0 Å². The zero-order chi connectivity index (χ0) is 21.0. The van der Waals surface area contributed by atoms with E-state index in [9.17, 15) is 15.0 Å². The summed E-state index contributed by atoms with van der Waals surface area (Å²) in [5, 5.41) is 21.6. The summed E-state index contributed by atoms with van der Waals surface area (Å²) in [6.45, 7) is 8.82. The molecule has 0 amide bonds. The number of hydrogen-bond acceptors (Lipinski definition) is 3. The minimum Gasteiger partial charge on any atom is -0.392 e. The Morgan fingerprint density at radius 3 is 2.62 bits per heavy atom. The van der Waals surface area contributed by atoms with Crippen molar-refractivity contribution >= 4 is 5.78 Å². The van der Waals surface area contributed by atoms with Gasteiger partial charge in [0.05, 0.1) is 12.2 Å². The van der Waals surface area contributed by atoms with E-state index >= 15 is 0 Å². The van der Waals surface area contributed by atoms with Gasteiger partial charge in [-0.3, -0.25) is 4.79 Å². The van der Waals surface area contributed by atoms with E-state index in [2.05, 4.69) is 27.7 Å². The van der Waals surface area contributed by atoms with Crippen LogP contribution in [0.5, 0.6) is 0 Å². The molecule has 0 spiro atoms. The van der Waals surface area contributed by atoms with Crippen LogP contribution in [-0.2, 0) is 4.79 Å². The SMILES string of the molecule is CCC1(C(O)(/C=C\CO)[C@@H](C)C(C)C)CCC2C3CCC(=O)C=C3[C@H]3CC3C2C1. The zero-order valence-corrected chi connectivity index (χ0v) is 18.7. The molecular formula is C26H40O3. The topological polar surface area (TPSA) is 57.5 Å². The molecule has 162 valence electrons. The monoisotopic (exact) mass is 400 g/mol. The molecule has 4 rings (SSSR count). The number of hydrogen-bond donors (Lipinski definition) is 2. The molecule has 0 aromatic heterocycles. The van der Waals surface area contributed by atoms with Crippen LogP contribution in [0.2, 0.25) is 0 Å². The molecule has 6 unspecified atom stereocenters. The minimum atomic E-state index is -0.882. The quantitative estimate of drug-likeness (QED) is 0.622. The van der Waals surface area contributed by atoms with E-state index in [1.54, 1.807) is 6.08 Å². The standard InChI is InChI=1S/C26H40O3/c1-5-25(26(29,10-6-12-27)17(4)16(2)3)11-9-20-19-8-7-18(28)13-21(19)22-14-23(22)24(20)15-25/h6,10,13,16-17,19-20,22-24,27,29H,5,7-9,11-12,14-15H2,1-4H3/b10-6-/t17-,19?,20?,22+,23?,24?,25?,26?/m0/s1. The second-order valence-corrected chi connectivity index (χ2v) is 10.9. The van der Waals surface area contributed by atoms with Crippen LogP contribution in [0.3, 0.4) is 0 Å². The van der Waals surface area contributed by atoms with Crippen LogP contribution in [-0.4, -0.2) is 28.2 Å². The van der Waals surface area contributed by atoms with Gasteiger partial charge in [-0.05, 0) is 86.0 Å². The van der Waals surface area contributed by atoms with Crippen molar-refractivity contribution in [2.75, 3.05) is 6.61 Å². The van der Waals surface area contributed by atoms with Gasteiger partial charge in [-0.1, -0.05) is 45.4 Å². The number of carbonyl (C=O) groups is 1. The number of aliphatic hydroxyl groups is 2. The molecule has 0 radical (unpaired) electrons. The van der Waals surface area contributed by atoms with Gasteiger partial charge in [-0.2, -0.15) is 0 Å². The Labute approximate surface area is 176 Å². The fraction of sp³-hybridized carbons (Fsp3) is 0.808. The van der Waals surface area contributed by atoms with Gasteiger partial charge in [0.25, 0.3) is 0 Å². The van der Waals surface area contributed by atoms with Gasteiger partial charge in [0.15, 0.2) is 5.78 Å². The Morgan fingerprint density at radius 1 is 1.21 bits per heavy atom. The molecule has 0 heterocycles. The lowest BCUT2D eigenvalue weighted by Crippen LogP contribution is -2.57. The molecule has 3 heteroatoms. The Hall–Kier alpha value is -0.930. The Kier molecular flexibility index (Phi) is 5.61. The van der Waals surface area contributed by atoms with Crippen molar-refractivity contribution in [1.29, 1.82) is 0 Å². The third-order valence-corrected chi connectivity index (χ3v) is 9.62. The highest BCUT2D eigenvalue weighted by Gasteiger charge is 2.62. The van der Waals surface area contributed by atoms with E-state index < -0.39 is 5.60 Å². The Morgan fingerprint density at radius 2 is 1.97 bits per heavy atom. The van der Waals surface area contributed by atoms with Gasteiger partial charge in [0.1, 0.15) is 0 Å². The number of aliphatic hydroxyl groups excluding tert-OH is 1. The van der Waals surface area contributed by atoms with E-state index in [1.165, 1.54) is 12.0 Å². The first-order valence-corrected chi connectivity index (χ1v) is 12.0. The number of fused-ring (bicyclic) bond motifs is 6. The number of rotatable bonds is 6. The Balaban J connectivity index is 1.66. The smallest absolute Gasteiger partial charge is 0.155 e. The number of carbonyl (C=O) groups excluding carboxylic acids is 1. The first-order valence-electron chi connectivity index (χ1n) is 12.0. The molecule has 8 atom stereocenters. The van der Waals surface area contributed by atoms with Crippen molar-refractivity contribution in [3.8, 4) is 0 Å². The molecule has 0 saturated heterocycles. The normalized spacial score (nSPS) is 42.0. The molecule has 0 aromatic carbocycles. The summed E-state index contributed by atoms with van der Waals surface area (Å²) >= 11 is 0. The summed E-state index contributed by atoms with van der Waals surface area (Å²) in [6, 6.07) is 0. The van der Waals surface area contributed by atoms with Crippen molar-refractivity contribution in [1.82, 2.24) is 0 Å². The van der Waals surface area contributed by atoms with Crippen LogP contribution < -0.4 is 0 Å². The summed E-state index contributed by atoms with van der Waals surface area (Å²) in [6.07, 6.45) is 13.0. The first-order chi connectivity index (χ1) is 13.8. The number of ketones is 1. The van der Waals surface area contributed by atoms with Crippen LogP contribution >= 0.6 is 0 Å². The van der Waals surface area contributed by atoms with Crippen molar-refractivity contribution < 1.29 is 15.0 Å². The average Bonchev–Trinajstić information content (AvgIpc) is 3.52. The summed E-state index contributed by atoms with van der Waals surface area (Å²) in [5.74, 6) is 4.21. The minimum absolute atomic E-state index is 0.0199. The highest BCUT2D eigenvalue weighted by Crippen LogP contribution is 2.68. The van der Waals surface area contributed by atoms with Crippen LogP contribution in [0.15, 0.2) is 23.8 Å². The van der Waals surface area contributed by atoms with Gasteiger partial charge in [-0.25, -0.2) is 0 Å². The van der Waals surface area contributed by atoms with Gasteiger partial charge < -0.3 is 10.2 Å². The maximum atomic E-state index is 12.2. The van der Waals surface area contributed by atoms with Gasteiger partial charge in [0.2, 0.25) is 0 Å². The molecular weight excluding hydrogens is 360 g/mol. The van der Waals surface area contributed by atoms with E-state index in [0.717, 1.165) is 44.4 Å². The molecule has 0 aliphatic heterocycles. The van der Waals surface area contributed by atoms with E-state index in [0.29, 0.717) is 35.4 Å². The van der Waals surface area contributed by atoms with Crippen molar-refractivity contribution in [3.05, 3.63) is 23.8 Å². The highest BCUT2D eigenvalue weighted by atomic mass is 16.3. The lowest BCUT2D eigenvalue weighted by molar-refractivity contribution is -0.140. The molecule has 3 saturated carbocycles. The summed E-state index contributed by atoms with van der Waals surface area (Å²) < 4.78 is 0. The lowest BCUT2D eigenvalue weighted by Gasteiger charge is -2.57. The van der Waals surface area contributed by atoms with Gasteiger partial charge >= 0.3 is 0 Å². The molecule has 4 aliphatic rings. The predicted molar refractivity (Wildman–Crippen MR) is 116 cm³/mol. The van der Waals surface area contributed by atoms with E-state index in [1.807, 2.05) is 12.2 Å². The van der Waals surface area contributed by atoms with E-state index in [4.69, 9.17) is 0 Å². The fourth-order valence-corrected chi connectivity index (χ4v) is 7.59. The molecule has 29 heavy (non-hydrogen) atoms. The van der Waals surface area contributed by atoms with Crippen molar-refractivity contribution in [3.63, 3.8) is 0 Å². The molecule has 2 N–H and O–H groups in total. The highest BCUT2D eigenvalue weighted by molar-refractivity contribution is 5.91. The molecule has 3 nitrogen and oxygen atoms in total. The summed E-state index contributed by atoms with van der Waals surface area (Å²) in [4.78, 5) is 12.0. The van der Waals surface area contributed by atoms with Crippen molar-refractivity contribution in [2.24, 2.45) is 46.8 Å². The zero-order valence-electron chi connectivity index (χ0n) is 18.7. The van der Waals surface area contributed by atoms with Crippen molar-refractivity contribution in [2.45, 2.75) is 78.2 Å². The molecule has 4 aliphatic carbocycles. The maximum absolute atomic E-state index is 12.2. The third-order valence-electron chi connectivity index (χ3n) is 9.62. The fourth-order valence-electron chi connectivity index (χ4n) is 7.59. The lowest BCUT2D eigenvalue weighted by atomic mass is 9.49. The van der Waals surface area contributed by atoms with Crippen LogP contribution in [0, 0.1) is 46.8 Å². The first kappa shape index (κ1) is 21.3. The summed E-state index contributed by atoms with van der Waals surface area (Å²) in [5.41, 5.74) is 0.483. The molecule has 0 aromatic rings. The molecule has 3 fully saturated rings. The van der Waals surface area contributed by atoms with Gasteiger partial charge in [0, 0.05) is 11.8 Å². The van der Waals surface area contributed by atoms with Crippen LogP contribution in [0.25, 0.3) is 0 Å². The summed E-state index contributed by atoms with van der Waals surface area (Å²) in [7, 11) is 0. The second-order valence-electron chi connectivity index (χ2n) is 10.9. The number of allylic oxidation sites excluding steroid dienone is 2. The predicted octanol–water partition coefficient (Wildman–Crippen LogP) is 4.93. The Bertz CT molecular complexity index is 707. The van der Waals surface area contributed by atoms with Gasteiger partial charge in [-0.15, -0.1) is 0 Å². The maximum Gasteiger partial charge on any atom is 0.155 e. The second kappa shape index (κ2) is 7.64. The third kappa shape index (κ3) is 3.28. The largest absolute Gasteiger partial charge is 0.392 e. The molecule has 0 bridgehead atoms. The van der Waals surface area contributed by atoms with E-state index in [-0.39, 0.29) is 17.9 Å².